The number of rotatable bonds is 2. The summed E-state index contributed by atoms with van der Waals surface area (Å²) in [5, 5.41) is 2.93. The van der Waals surface area contributed by atoms with Crippen LogP contribution < -0.4 is 5.32 Å². The SMILES string of the molecule is CC(C)OC(=O)NC1(C)CCCC1. The van der Waals surface area contributed by atoms with E-state index < -0.39 is 0 Å². The number of alkyl carbamates (subject to hydrolysis) is 1. The molecule has 0 atom stereocenters. The molecule has 3 nitrogen and oxygen atoms in total. The molecule has 1 aliphatic carbocycles. The van der Waals surface area contributed by atoms with Crippen LogP contribution in [0.3, 0.4) is 0 Å². The normalized spacial score (nSPS) is 20.3. The molecule has 0 spiro atoms. The number of amides is 1. The molecule has 0 bridgehead atoms. The summed E-state index contributed by atoms with van der Waals surface area (Å²) >= 11 is 0. The molecule has 1 fully saturated rings. The maximum Gasteiger partial charge on any atom is 0.407 e. The van der Waals surface area contributed by atoms with Crippen LogP contribution in [0.2, 0.25) is 0 Å². The minimum absolute atomic E-state index is 0.0219. The van der Waals surface area contributed by atoms with Gasteiger partial charge in [-0.15, -0.1) is 0 Å². The van der Waals surface area contributed by atoms with Crippen molar-refractivity contribution in [3.05, 3.63) is 0 Å². The molecule has 0 saturated heterocycles. The lowest BCUT2D eigenvalue weighted by Gasteiger charge is -2.25. The van der Waals surface area contributed by atoms with Crippen LogP contribution in [0.4, 0.5) is 4.79 Å². The summed E-state index contributed by atoms with van der Waals surface area (Å²) in [6.45, 7) is 5.80. The van der Waals surface area contributed by atoms with Gasteiger partial charge in [0, 0.05) is 5.54 Å². The highest BCUT2D eigenvalue weighted by atomic mass is 16.6. The van der Waals surface area contributed by atoms with Crippen LogP contribution in [0.5, 0.6) is 0 Å². The Kier molecular flexibility index (Phi) is 3.17. The fourth-order valence-electron chi connectivity index (χ4n) is 1.77. The zero-order valence-corrected chi connectivity index (χ0v) is 8.72. The average Bonchev–Trinajstić information content (AvgIpc) is 2.33. The molecule has 1 N–H and O–H groups in total. The van der Waals surface area contributed by atoms with Crippen molar-refractivity contribution in [2.24, 2.45) is 0 Å². The van der Waals surface area contributed by atoms with Gasteiger partial charge in [-0.1, -0.05) is 12.8 Å². The summed E-state index contributed by atoms with van der Waals surface area (Å²) in [5.41, 5.74) is -0.0219. The molecule has 0 aromatic heterocycles. The van der Waals surface area contributed by atoms with Gasteiger partial charge in [-0.3, -0.25) is 0 Å². The number of nitrogens with one attached hydrogen (secondary N) is 1. The van der Waals surface area contributed by atoms with Crippen molar-refractivity contribution in [1.82, 2.24) is 5.32 Å². The van der Waals surface area contributed by atoms with Gasteiger partial charge in [-0.2, -0.15) is 0 Å². The Labute approximate surface area is 79.8 Å². The molecule has 76 valence electrons. The first-order valence-corrected chi connectivity index (χ1v) is 5.01. The maximum absolute atomic E-state index is 11.3. The Hall–Kier alpha value is -0.730. The lowest BCUT2D eigenvalue weighted by atomic mass is 10.0. The molecule has 0 heterocycles. The van der Waals surface area contributed by atoms with Crippen molar-refractivity contribution in [1.29, 1.82) is 0 Å². The van der Waals surface area contributed by atoms with Gasteiger partial charge in [0.15, 0.2) is 0 Å². The molecule has 0 radical (unpaired) electrons. The molecule has 1 aliphatic rings. The first kappa shape index (κ1) is 10.4. The van der Waals surface area contributed by atoms with Gasteiger partial charge in [0.05, 0.1) is 6.10 Å². The first-order valence-electron chi connectivity index (χ1n) is 5.01. The van der Waals surface area contributed by atoms with Crippen LogP contribution in [-0.4, -0.2) is 17.7 Å². The summed E-state index contributed by atoms with van der Waals surface area (Å²) in [5.74, 6) is 0. The highest BCUT2D eigenvalue weighted by molar-refractivity contribution is 5.68. The third kappa shape index (κ3) is 3.25. The quantitative estimate of drug-likeness (QED) is 0.717. The van der Waals surface area contributed by atoms with Crippen molar-refractivity contribution >= 4 is 6.09 Å². The molecule has 0 aromatic carbocycles. The predicted octanol–water partition coefficient (Wildman–Crippen LogP) is 2.45. The summed E-state index contributed by atoms with van der Waals surface area (Å²) in [7, 11) is 0. The van der Waals surface area contributed by atoms with Gasteiger partial charge in [-0.05, 0) is 33.6 Å². The van der Waals surface area contributed by atoms with Crippen LogP contribution in [0.25, 0.3) is 0 Å². The van der Waals surface area contributed by atoms with E-state index in [-0.39, 0.29) is 17.7 Å². The molecule has 0 aromatic rings. The number of carbonyl (C=O) groups is 1. The van der Waals surface area contributed by atoms with Gasteiger partial charge in [-0.25, -0.2) is 4.79 Å². The fourth-order valence-corrected chi connectivity index (χ4v) is 1.77. The van der Waals surface area contributed by atoms with Crippen LogP contribution in [-0.2, 0) is 4.74 Å². The fraction of sp³-hybridized carbons (Fsp3) is 0.900. The molecular formula is C10H19NO2. The summed E-state index contributed by atoms with van der Waals surface area (Å²) in [4.78, 5) is 11.3. The van der Waals surface area contributed by atoms with Crippen LogP contribution in [0, 0.1) is 0 Å². The first-order chi connectivity index (χ1) is 6.02. The van der Waals surface area contributed by atoms with E-state index in [1.165, 1.54) is 12.8 Å². The highest BCUT2D eigenvalue weighted by Gasteiger charge is 2.30. The average molecular weight is 185 g/mol. The third-order valence-electron chi connectivity index (χ3n) is 2.45. The molecule has 1 amide bonds. The van der Waals surface area contributed by atoms with E-state index in [0.717, 1.165) is 12.8 Å². The minimum atomic E-state index is -0.278. The number of hydrogen-bond donors (Lipinski definition) is 1. The monoisotopic (exact) mass is 185 g/mol. The lowest BCUT2D eigenvalue weighted by Crippen LogP contribution is -2.44. The Balaban J connectivity index is 2.34. The van der Waals surface area contributed by atoms with E-state index in [4.69, 9.17) is 4.74 Å². The Morgan fingerprint density at radius 2 is 1.92 bits per heavy atom. The van der Waals surface area contributed by atoms with Gasteiger partial charge in [0.2, 0.25) is 0 Å². The Bertz CT molecular complexity index is 183. The van der Waals surface area contributed by atoms with Crippen molar-refractivity contribution in [3.8, 4) is 0 Å². The molecule has 1 rings (SSSR count). The van der Waals surface area contributed by atoms with E-state index in [1.807, 2.05) is 13.8 Å². The maximum atomic E-state index is 11.3. The van der Waals surface area contributed by atoms with E-state index in [2.05, 4.69) is 12.2 Å². The number of ether oxygens (including phenoxy) is 1. The summed E-state index contributed by atoms with van der Waals surface area (Å²) in [6, 6.07) is 0. The topological polar surface area (TPSA) is 38.3 Å². The van der Waals surface area contributed by atoms with Crippen molar-refractivity contribution in [3.63, 3.8) is 0 Å². The van der Waals surface area contributed by atoms with Gasteiger partial charge < -0.3 is 10.1 Å². The van der Waals surface area contributed by atoms with E-state index in [0.29, 0.717) is 0 Å². The molecule has 3 heteroatoms. The standard InChI is InChI=1S/C10H19NO2/c1-8(2)13-9(12)11-10(3)6-4-5-7-10/h8H,4-7H2,1-3H3,(H,11,12). The van der Waals surface area contributed by atoms with Crippen molar-refractivity contribution in [2.45, 2.75) is 58.1 Å². The van der Waals surface area contributed by atoms with Gasteiger partial charge >= 0.3 is 6.09 Å². The highest BCUT2D eigenvalue weighted by Crippen LogP contribution is 2.28. The van der Waals surface area contributed by atoms with Gasteiger partial charge in [0.1, 0.15) is 0 Å². The number of hydrogen-bond acceptors (Lipinski definition) is 2. The second-order valence-electron chi connectivity index (χ2n) is 4.35. The zero-order chi connectivity index (χ0) is 9.90. The van der Waals surface area contributed by atoms with E-state index in [9.17, 15) is 4.79 Å². The van der Waals surface area contributed by atoms with E-state index in [1.54, 1.807) is 0 Å². The molecule has 0 unspecified atom stereocenters. The van der Waals surface area contributed by atoms with Crippen LogP contribution >= 0.6 is 0 Å². The molecule has 0 aliphatic heterocycles. The van der Waals surface area contributed by atoms with Crippen molar-refractivity contribution in [2.75, 3.05) is 0 Å². The largest absolute Gasteiger partial charge is 0.447 e. The Morgan fingerprint density at radius 1 is 1.38 bits per heavy atom. The van der Waals surface area contributed by atoms with Crippen molar-refractivity contribution < 1.29 is 9.53 Å². The second kappa shape index (κ2) is 3.99. The van der Waals surface area contributed by atoms with Crippen LogP contribution in [0.1, 0.15) is 46.5 Å². The second-order valence-corrected chi connectivity index (χ2v) is 4.35. The molecular weight excluding hydrogens is 166 g/mol. The van der Waals surface area contributed by atoms with Crippen LogP contribution in [0.15, 0.2) is 0 Å². The molecule has 13 heavy (non-hydrogen) atoms. The van der Waals surface area contributed by atoms with Gasteiger partial charge in [0.25, 0.3) is 0 Å². The predicted molar refractivity (Wildman–Crippen MR) is 51.6 cm³/mol. The Morgan fingerprint density at radius 3 is 2.38 bits per heavy atom. The minimum Gasteiger partial charge on any atom is -0.447 e. The summed E-state index contributed by atoms with van der Waals surface area (Å²) in [6.07, 6.45) is 4.24. The third-order valence-corrected chi connectivity index (χ3v) is 2.45. The lowest BCUT2D eigenvalue weighted by molar-refractivity contribution is 0.106. The van der Waals surface area contributed by atoms with E-state index >= 15 is 0 Å². The summed E-state index contributed by atoms with van der Waals surface area (Å²) < 4.78 is 5.03. The zero-order valence-electron chi connectivity index (χ0n) is 8.72. The molecule has 1 saturated carbocycles. The number of carbonyl (C=O) groups excluding carboxylic acids is 1. The smallest absolute Gasteiger partial charge is 0.407 e.